The van der Waals surface area contributed by atoms with Crippen LogP contribution in [0.2, 0.25) is 0 Å². The maximum Gasteiger partial charge on any atom is 0.203 e. The van der Waals surface area contributed by atoms with Gasteiger partial charge in [0, 0.05) is 12.1 Å². The molecule has 0 unspecified atom stereocenters. The van der Waals surface area contributed by atoms with Gasteiger partial charge in [0.05, 0.1) is 33.2 Å². The van der Waals surface area contributed by atoms with Crippen molar-refractivity contribution in [2.75, 3.05) is 32.9 Å². The Morgan fingerprint density at radius 2 is 1.58 bits per heavy atom. The lowest BCUT2D eigenvalue weighted by atomic mass is 10.2. The molecule has 0 bridgehead atoms. The number of hydrogen-bond acceptors (Lipinski definition) is 5. The molecule has 128 valence electrons. The van der Waals surface area contributed by atoms with E-state index >= 15 is 0 Å². The molecule has 0 aliphatic heterocycles. The summed E-state index contributed by atoms with van der Waals surface area (Å²) in [5.74, 6) is 1.78. The molecule has 0 atom stereocenters. The van der Waals surface area contributed by atoms with Crippen LogP contribution in [0.5, 0.6) is 17.2 Å². The fourth-order valence-corrected chi connectivity index (χ4v) is 2.41. The van der Waals surface area contributed by atoms with Crippen LogP contribution < -0.4 is 19.2 Å². The molecule has 0 spiro atoms. The molecule has 0 heterocycles. The summed E-state index contributed by atoms with van der Waals surface area (Å²) in [5.41, 5.74) is 3.08. The van der Waals surface area contributed by atoms with Gasteiger partial charge in [0.25, 0.3) is 0 Å². The summed E-state index contributed by atoms with van der Waals surface area (Å²) < 4.78 is 16.2. The zero-order valence-electron chi connectivity index (χ0n) is 14.9. The highest BCUT2D eigenvalue weighted by Gasteiger charge is 2.14. The molecule has 2 aromatic carbocycles. The highest BCUT2D eigenvalue weighted by Crippen LogP contribution is 2.39. The summed E-state index contributed by atoms with van der Waals surface area (Å²) in [6.45, 7) is 4.88. The average Bonchev–Trinajstić information content (AvgIpc) is 2.62. The molecule has 0 radical (unpaired) electrons. The van der Waals surface area contributed by atoms with Crippen molar-refractivity contribution < 1.29 is 14.2 Å². The molecule has 0 saturated heterocycles. The van der Waals surface area contributed by atoms with Crippen LogP contribution in [0.15, 0.2) is 41.5 Å². The van der Waals surface area contributed by atoms with E-state index in [4.69, 9.17) is 14.2 Å². The van der Waals surface area contributed by atoms with E-state index in [1.54, 1.807) is 27.5 Å². The summed E-state index contributed by atoms with van der Waals surface area (Å²) in [7, 11) is 4.79. The molecule has 0 aliphatic carbocycles. The lowest BCUT2D eigenvalue weighted by molar-refractivity contribution is 0.324. The van der Waals surface area contributed by atoms with Gasteiger partial charge in [-0.25, -0.2) is 0 Å². The van der Waals surface area contributed by atoms with E-state index in [2.05, 4.69) is 43.2 Å². The molecule has 0 aliphatic rings. The molecule has 5 heteroatoms. The first-order valence-corrected chi connectivity index (χ1v) is 7.81. The second-order valence-electron chi connectivity index (χ2n) is 5.22. The molecule has 0 fully saturated rings. The molecule has 0 N–H and O–H groups in total. The Morgan fingerprint density at radius 1 is 0.917 bits per heavy atom. The van der Waals surface area contributed by atoms with Gasteiger partial charge in [-0.15, -0.1) is 0 Å². The third-order valence-corrected chi connectivity index (χ3v) is 3.70. The zero-order chi connectivity index (χ0) is 17.5. The maximum atomic E-state index is 5.48. The van der Waals surface area contributed by atoms with Crippen molar-refractivity contribution in [1.82, 2.24) is 0 Å². The third kappa shape index (κ3) is 3.79. The third-order valence-electron chi connectivity index (χ3n) is 3.70. The molecule has 2 aromatic rings. The van der Waals surface area contributed by atoms with Gasteiger partial charge in [-0.2, -0.15) is 5.10 Å². The van der Waals surface area contributed by atoms with Gasteiger partial charge in [0.2, 0.25) is 5.75 Å². The summed E-state index contributed by atoms with van der Waals surface area (Å²) in [6, 6.07) is 12.0. The summed E-state index contributed by atoms with van der Waals surface area (Å²) >= 11 is 0. The van der Waals surface area contributed by atoms with Crippen LogP contribution in [-0.2, 0) is 0 Å². The van der Waals surface area contributed by atoms with Crippen molar-refractivity contribution in [1.29, 1.82) is 0 Å². The Hall–Kier alpha value is -2.69. The smallest absolute Gasteiger partial charge is 0.203 e. The Morgan fingerprint density at radius 3 is 2.12 bits per heavy atom. The van der Waals surface area contributed by atoms with Crippen molar-refractivity contribution in [2.45, 2.75) is 13.8 Å². The topological polar surface area (TPSA) is 43.3 Å². The molecule has 24 heavy (non-hydrogen) atoms. The van der Waals surface area contributed by atoms with Gasteiger partial charge in [0.1, 0.15) is 0 Å². The summed E-state index contributed by atoms with van der Waals surface area (Å²) in [4.78, 5) is 0. The number of methoxy groups -OCH3 is 3. The van der Waals surface area contributed by atoms with E-state index in [1.165, 1.54) is 5.56 Å². The fraction of sp³-hybridized carbons (Fsp3) is 0.316. The molecule has 2 rings (SSSR count). The standard InChI is InChI=1S/C19H24N2O3/c1-6-21(16-10-7-14(2)8-11-16)20-13-15-9-12-17(22-3)19(24-5)18(15)23-4/h7-13H,6H2,1-5H3/b20-13-. The minimum absolute atomic E-state index is 0.558. The van der Waals surface area contributed by atoms with Crippen LogP contribution in [0.1, 0.15) is 18.1 Å². The second kappa shape index (κ2) is 8.24. The van der Waals surface area contributed by atoms with Gasteiger partial charge < -0.3 is 14.2 Å². The molecule has 5 nitrogen and oxygen atoms in total. The predicted molar refractivity (Wildman–Crippen MR) is 97.9 cm³/mol. The molecular formula is C19H24N2O3. The highest BCUT2D eigenvalue weighted by atomic mass is 16.5. The van der Waals surface area contributed by atoms with Crippen molar-refractivity contribution in [3.63, 3.8) is 0 Å². The van der Waals surface area contributed by atoms with Gasteiger partial charge in [0.15, 0.2) is 11.5 Å². The minimum Gasteiger partial charge on any atom is -0.493 e. The number of hydrogen-bond donors (Lipinski definition) is 0. The average molecular weight is 328 g/mol. The van der Waals surface area contributed by atoms with Crippen molar-refractivity contribution >= 4 is 11.9 Å². The summed E-state index contributed by atoms with van der Waals surface area (Å²) in [5, 5.41) is 6.51. The normalized spacial score (nSPS) is 10.7. The number of nitrogens with zero attached hydrogens (tertiary/aromatic N) is 2. The Balaban J connectivity index is 2.34. The van der Waals surface area contributed by atoms with Gasteiger partial charge in [-0.3, -0.25) is 5.01 Å². The van der Waals surface area contributed by atoms with Crippen LogP contribution >= 0.6 is 0 Å². The summed E-state index contributed by atoms with van der Waals surface area (Å²) in [6.07, 6.45) is 1.77. The van der Waals surface area contributed by atoms with Crippen LogP contribution in [-0.4, -0.2) is 34.1 Å². The lowest BCUT2D eigenvalue weighted by Gasteiger charge is -2.18. The molecule has 0 aromatic heterocycles. The van der Waals surface area contributed by atoms with Crippen LogP contribution in [0.25, 0.3) is 0 Å². The van der Waals surface area contributed by atoms with Crippen molar-refractivity contribution in [3.05, 3.63) is 47.5 Å². The van der Waals surface area contributed by atoms with E-state index in [9.17, 15) is 0 Å². The lowest BCUT2D eigenvalue weighted by Crippen LogP contribution is -2.15. The van der Waals surface area contributed by atoms with Crippen molar-refractivity contribution in [2.24, 2.45) is 5.10 Å². The Bertz CT molecular complexity index is 697. The van der Waals surface area contributed by atoms with Gasteiger partial charge >= 0.3 is 0 Å². The fourth-order valence-electron chi connectivity index (χ4n) is 2.41. The van der Waals surface area contributed by atoms with Crippen LogP contribution in [0.3, 0.4) is 0 Å². The number of anilines is 1. The Labute approximate surface area is 143 Å². The number of hydrazone groups is 1. The highest BCUT2D eigenvalue weighted by molar-refractivity contribution is 5.86. The van der Waals surface area contributed by atoms with E-state index < -0.39 is 0 Å². The predicted octanol–water partition coefficient (Wildman–Crippen LogP) is 3.88. The van der Waals surface area contributed by atoms with E-state index in [0.717, 1.165) is 17.8 Å². The second-order valence-corrected chi connectivity index (χ2v) is 5.22. The quantitative estimate of drug-likeness (QED) is 0.571. The Kier molecular flexibility index (Phi) is 6.07. The number of benzene rings is 2. The number of aryl methyl sites for hydroxylation is 1. The minimum atomic E-state index is 0.558. The monoisotopic (exact) mass is 328 g/mol. The van der Waals surface area contributed by atoms with Crippen LogP contribution in [0.4, 0.5) is 5.69 Å². The van der Waals surface area contributed by atoms with E-state index in [-0.39, 0.29) is 0 Å². The van der Waals surface area contributed by atoms with E-state index in [0.29, 0.717) is 17.2 Å². The van der Waals surface area contributed by atoms with Crippen LogP contribution in [0, 0.1) is 6.92 Å². The first-order valence-electron chi connectivity index (χ1n) is 7.81. The first-order chi connectivity index (χ1) is 11.6. The SMILES string of the molecule is CCN(/N=C\c1ccc(OC)c(OC)c1OC)c1ccc(C)cc1. The van der Waals surface area contributed by atoms with Gasteiger partial charge in [-0.1, -0.05) is 17.7 Å². The van der Waals surface area contributed by atoms with E-state index in [1.807, 2.05) is 17.1 Å². The first kappa shape index (κ1) is 17.7. The maximum absolute atomic E-state index is 5.48. The molecule has 0 saturated carbocycles. The number of ether oxygens (including phenoxy) is 3. The van der Waals surface area contributed by atoms with Crippen molar-refractivity contribution in [3.8, 4) is 17.2 Å². The number of rotatable bonds is 7. The largest absolute Gasteiger partial charge is 0.493 e. The van der Waals surface area contributed by atoms with Gasteiger partial charge in [-0.05, 0) is 38.1 Å². The zero-order valence-corrected chi connectivity index (χ0v) is 14.9. The molecule has 0 amide bonds. The molecular weight excluding hydrogens is 304 g/mol.